The molecule has 0 radical (unpaired) electrons. The fourth-order valence-corrected chi connectivity index (χ4v) is 2.09. The number of nitrogens with zero attached hydrogens (tertiary/aromatic N) is 4. The minimum atomic E-state index is -0.135. The lowest BCUT2D eigenvalue weighted by molar-refractivity contribution is 0.174. The summed E-state index contributed by atoms with van der Waals surface area (Å²) in [7, 11) is 3.71. The average molecular weight is 302 g/mol. The lowest BCUT2D eigenvalue weighted by Gasteiger charge is -2.17. The van der Waals surface area contributed by atoms with E-state index in [0.717, 1.165) is 17.2 Å². The summed E-state index contributed by atoms with van der Waals surface area (Å²) < 4.78 is 10.7. The minimum absolute atomic E-state index is 0.135. The van der Waals surface area contributed by atoms with Crippen LogP contribution in [0.1, 0.15) is 18.8 Å². The number of rotatable bonds is 4. The fourth-order valence-electron chi connectivity index (χ4n) is 2.09. The summed E-state index contributed by atoms with van der Waals surface area (Å²) in [6.45, 7) is 2.21. The van der Waals surface area contributed by atoms with Crippen LogP contribution in [0.3, 0.4) is 0 Å². The van der Waals surface area contributed by atoms with E-state index in [0.29, 0.717) is 11.8 Å². The number of nitrogens with one attached hydrogen (secondary N) is 1. The Hall–Kier alpha value is -2.77. The van der Waals surface area contributed by atoms with Crippen molar-refractivity contribution in [2.24, 2.45) is 0 Å². The smallest absolute Gasteiger partial charge is 0.231 e. The molecule has 0 aliphatic carbocycles. The SMILES string of the molecule is C[C@H](Nc1ccc2c(c1)OCO2)c1nc(N)nc(N(C)C)n1. The molecule has 1 aliphatic heterocycles. The van der Waals surface area contributed by atoms with Gasteiger partial charge in [0.1, 0.15) is 0 Å². The van der Waals surface area contributed by atoms with E-state index in [2.05, 4.69) is 20.3 Å². The van der Waals surface area contributed by atoms with Gasteiger partial charge >= 0.3 is 0 Å². The van der Waals surface area contributed by atoms with Crippen molar-refractivity contribution in [1.29, 1.82) is 0 Å². The van der Waals surface area contributed by atoms with Crippen LogP contribution in [-0.2, 0) is 0 Å². The standard InChI is InChI=1S/C14H18N6O2/c1-8(12-17-13(15)19-14(18-12)20(2)3)16-9-4-5-10-11(6-9)22-7-21-10/h4-6,8,16H,7H2,1-3H3,(H2,15,17,18,19)/t8-/m0/s1. The number of hydrogen-bond donors (Lipinski definition) is 2. The molecule has 3 N–H and O–H groups in total. The molecule has 116 valence electrons. The third-order valence-electron chi connectivity index (χ3n) is 3.20. The van der Waals surface area contributed by atoms with Crippen molar-refractivity contribution in [1.82, 2.24) is 15.0 Å². The molecule has 0 saturated carbocycles. The van der Waals surface area contributed by atoms with Gasteiger partial charge in [0.2, 0.25) is 18.7 Å². The van der Waals surface area contributed by atoms with Gasteiger partial charge in [0.25, 0.3) is 0 Å². The molecule has 3 rings (SSSR count). The van der Waals surface area contributed by atoms with Crippen molar-refractivity contribution < 1.29 is 9.47 Å². The van der Waals surface area contributed by atoms with Gasteiger partial charge in [-0.2, -0.15) is 15.0 Å². The first-order chi connectivity index (χ1) is 10.5. The zero-order valence-electron chi connectivity index (χ0n) is 12.7. The van der Waals surface area contributed by atoms with Crippen LogP contribution in [0.2, 0.25) is 0 Å². The Morgan fingerprint density at radius 1 is 1.18 bits per heavy atom. The molecule has 0 saturated heterocycles. The molecule has 2 aromatic rings. The molecule has 0 fully saturated rings. The number of anilines is 3. The van der Waals surface area contributed by atoms with E-state index >= 15 is 0 Å². The second kappa shape index (κ2) is 5.55. The zero-order valence-corrected chi connectivity index (χ0v) is 12.7. The quantitative estimate of drug-likeness (QED) is 0.875. The van der Waals surface area contributed by atoms with Crippen molar-refractivity contribution in [2.45, 2.75) is 13.0 Å². The van der Waals surface area contributed by atoms with Crippen LogP contribution in [0, 0.1) is 0 Å². The summed E-state index contributed by atoms with van der Waals surface area (Å²) in [5, 5.41) is 3.32. The lowest BCUT2D eigenvalue weighted by atomic mass is 10.2. The van der Waals surface area contributed by atoms with E-state index in [4.69, 9.17) is 15.2 Å². The molecule has 1 aliphatic rings. The Bertz CT molecular complexity index is 691. The maximum Gasteiger partial charge on any atom is 0.231 e. The third-order valence-corrected chi connectivity index (χ3v) is 3.20. The number of aromatic nitrogens is 3. The van der Waals surface area contributed by atoms with Gasteiger partial charge in [-0.05, 0) is 19.1 Å². The maximum atomic E-state index is 5.75. The van der Waals surface area contributed by atoms with Gasteiger partial charge in [0, 0.05) is 25.8 Å². The van der Waals surface area contributed by atoms with E-state index in [1.807, 2.05) is 39.2 Å². The molecule has 1 atom stereocenters. The van der Waals surface area contributed by atoms with Crippen LogP contribution in [0.25, 0.3) is 0 Å². The highest BCUT2D eigenvalue weighted by molar-refractivity contribution is 5.56. The van der Waals surface area contributed by atoms with Crippen molar-refractivity contribution in [3.8, 4) is 11.5 Å². The number of benzene rings is 1. The van der Waals surface area contributed by atoms with Gasteiger partial charge in [-0.25, -0.2) is 0 Å². The first kappa shape index (κ1) is 14.2. The van der Waals surface area contributed by atoms with Crippen molar-refractivity contribution in [3.63, 3.8) is 0 Å². The average Bonchev–Trinajstić information content (AvgIpc) is 2.94. The van der Waals surface area contributed by atoms with E-state index < -0.39 is 0 Å². The fraction of sp³-hybridized carbons (Fsp3) is 0.357. The molecule has 0 amide bonds. The molecular weight excluding hydrogens is 284 g/mol. The van der Waals surface area contributed by atoms with Crippen LogP contribution in [-0.4, -0.2) is 35.8 Å². The molecule has 8 heteroatoms. The largest absolute Gasteiger partial charge is 0.454 e. The first-order valence-corrected chi connectivity index (χ1v) is 6.88. The molecule has 0 bridgehead atoms. The third kappa shape index (κ3) is 2.80. The molecular formula is C14H18N6O2. The van der Waals surface area contributed by atoms with Gasteiger partial charge in [0.15, 0.2) is 17.3 Å². The van der Waals surface area contributed by atoms with Gasteiger partial charge in [-0.1, -0.05) is 0 Å². The second-order valence-electron chi connectivity index (χ2n) is 5.18. The summed E-state index contributed by atoms with van der Waals surface area (Å²) in [6.07, 6.45) is 0. The van der Waals surface area contributed by atoms with Gasteiger partial charge in [0.05, 0.1) is 6.04 Å². The molecule has 22 heavy (non-hydrogen) atoms. The molecule has 8 nitrogen and oxygen atoms in total. The maximum absolute atomic E-state index is 5.75. The highest BCUT2D eigenvalue weighted by Crippen LogP contribution is 2.35. The van der Waals surface area contributed by atoms with Crippen molar-refractivity contribution in [3.05, 3.63) is 24.0 Å². The molecule has 2 heterocycles. The van der Waals surface area contributed by atoms with Crippen molar-refractivity contribution >= 4 is 17.6 Å². The Balaban J connectivity index is 1.81. The highest BCUT2D eigenvalue weighted by atomic mass is 16.7. The van der Waals surface area contributed by atoms with Gasteiger partial charge in [-0.15, -0.1) is 0 Å². The highest BCUT2D eigenvalue weighted by Gasteiger charge is 2.16. The predicted molar refractivity (Wildman–Crippen MR) is 83.2 cm³/mol. The van der Waals surface area contributed by atoms with E-state index in [1.165, 1.54) is 0 Å². The van der Waals surface area contributed by atoms with Crippen molar-refractivity contribution in [2.75, 3.05) is 36.8 Å². The second-order valence-corrected chi connectivity index (χ2v) is 5.18. The number of nitrogens with two attached hydrogens (primary N) is 1. The van der Waals surface area contributed by atoms with E-state index in [1.54, 1.807) is 4.90 Å². The Labute approximate surface area is 128 Å². The monoisotopic (exact) mass is 302 g/mol. The van der Waals surface area contributed by atoms with E-state index in [9.17, 15) is 0 Å². The van der Waals surface area contributed by atoms with E-state index in [-0.39, 0.29) is 18.8 Å². The Morgan fingerprint density at radius 2 is 1.95 bits per heavy atom. The topological polar surface area (TPSA) is 98.4 Å². The van der Waals surface area contributed by atoms with Crippen LogP contribution < -0.4 is 25.4 Å². The predicted octanol–water partition coefficient (Wildman–Crippen LogP) is 1.42. The summed E-state index contributed by atoms with van der Waals surface area (Å²) in [5.41, 5.74) is 6.64. The molecule has 1 aromatic carbocycles. The summed E-state index contributed by atoms with van der Waals surface area (Å²) >= 11 is 0. The zero-order chi connectivity index (χ0) is 15.7. The Morgan fingerprint density at radius 3 is 2.73 bits per heavy atom. The summed E-state index contributed by atoms with van der Waals surface area (Å²) in [6, 6.07) is 5.53. The molecule has 1 aromatic heterocycles. The van der Waals surface area contributed by atoms with Gasteiger partial charge < -0.3 is 25.4 Å². The molecule has 0 spiro atoms. The summed E-state index contributed by atoms with van der Waals surface area (Å²) in [4.78, 5) is 14.5. The first-order valence-electron chi connectivity index (χ1n) is 6.88. The van der Waals surface area contributed by atoms with Crippen LogP contribution in [0.5, 0.6) is 11.5 Å². The number of ether oxygens (including phenoxy) is 2. The van der Waals surface area contributed by atoms with Gasteiger partial charge in [-0.3, -0.25) is 0 Å². The lowest BCUT2D eigenvalue weighted by Crippen LogP contribution is -2.19. The van der Waals surface area contributed by atoms with Crippen LogP contribution in [0.15, 0.2) is 18.2 Å². The van der Waals surface area contributed by atoms with Crippen LogP contribution in [0.4, 0.5) is 17.6 Å². The number of hydrogen-bond acceptors (Lipinski definition) is 8. The number of nitrogen functional groups attached to an aromatic ring is 1. The van der Waals surface area contributed by atoms with Crippen LogP contribution >= 0.6 is 0 Å². The molecule has 0 unspecified atom stereocenters. The normalized spacial score (nSPS) is 13.8. The number of fused-ring (bicyclic) bond motifs is 1. The Kier molecular flexibility index (Phi) is 3.58. The minimum Gasteiger partial charge on any atom is -0.454 e. The summed E-state index contributed by atoms with van der Waals surface area (Å²) in [5.74, 6) is 2.78.